The molecule has 1 heterocycles. The van der Waals surface area contributed by atoms with E-state index in [9.17, 15) is 0 Å². The van der Waals surface area contributed by atoms with E-state index in [1.165, 1.54) is 0 Å². The summed E-state index contributed by atoms with van der Waals surface area (Å²) in [5.41, 5.74) is 4.16. The van der Waals surface area contributed by atoms with Gasteiger partial charge in [-0.3, -0.25) is 0 Å². The highest BCUT2D eigenvalue weighted by molar-refractivity contribution is 6.32. The van der Waals surface area contributed by atoms with Gasteiger partial charge in [-0.2, -0.15) is 0 Å². The quantitative estimate of drug-likeness (QED) is 0.393. The van der Waals surface area contributed by atoms with Crippen LogP contribution in [0, 0.1) is 0 Å². The van der Waals surface area contributed by atoms with E-state index < -0.39 is 0 Å². The number of rotatable bonds is 4. The number of hydrogen-bond acceptors (Lipinski definition) is 1. The number of halogens is 2. The van der Waals surface area contributed by atoms with Crippen LogP contribution in [0.4, 0.5) is 0 Å². The van der Waals surface area contributed by atoms with E-state index in [1.807, 2.05) is 72.8 Å². The second-order valence-electron chi connectivity index (χ2n) is 6.03. The van der Waals surface area contributed by atoms with Crippen molar-refractivity contribution in [2.75, 3.05) is 0 Å². The number of aromatic nitrogens is 2. The lowest BCUT2D eigenvalue weighted by Gasteiger charge is -2.08. The van der Waals surface area contributed by atoms with Crippen molar-refractivity contribution < 1.29 is 0 Å². The molecule has 1 aromatic heterocycles. The molecule has 0 amide bonds. The van der Waals surface area contributed by atoms with Crippen LogP contribution in [0.1, 0.15) is 17.0 Å². The molecule has 4 rings (SSSR count). The Morgan fingerprint density at radius 2 is 1.65 bits per heavy atom. The van der Waals surface area contributed by atoms with E-state index in [-0.39, 0.29) is 0 Å². The van der Waals surface area contributed by atoms with Gasteiger partial charge in [0.1, 0.15) is 5.82 Å². The second kappa shape index (κ2) is 7.36. The molecule has 0 N–H and O–H groups in total. The molecule has 0 aliphatic carbocycles. The van der Waals surface area contributed by atoms with Gasteiger partial charge in [-0.15, -0.1) is 0 Å². The molecular formula is C22H16Cl2N2. The predicted octanol–water partition coefficient (Wildman–Crippen LogP) is 6.56. The van der Waals surface area contributed by atoms with Gasteiger partial charge < -0.3 is 4.57 Å². The zero-order chi connectivity index (χ0) is 17.9. The fraction of sp³-hybridized carbons (Fsp3) is 0.0455. The van der Waals surface area contributed by atoms with Crippen molar-refractivity contribution in [2.24, 2.45) is 0 Å². The van der Waals surface area contributed by atoms with E-state index in [1.54, 1.807) is 0 Å². The first-order valence-electron chi connectivity index (χ1n) is 8.33. The van der Waals surface area contributed by atoms with Gasteiger partial charge in [-0.1, -0.05) is 65.7 Å². The molecule has 0 spiro atoms. The molecule has 0 saturated carbocycles. The molecule has 0 radical (unpaired) electrons. The highest BCUT2D eigenvalue weighted by Crippen LogP contribution is 2.22. The molecule has 0 atom stereocenters. The largest absolute Gasteiger partial charge is 0.320 e. The first-order valence-corrected chi connectivity index (χ1v) is 9.08. The third-order valence-corrected chi connectivity index (χ3v) is 4.81. The summed E-state index contributed by atoms with van der Waals surface area (Å²) in [7, 11) is 0. The minimum Gasteiger partial charge on any atom is -0.320 e. The smallest absolute Gasteiger partial charge is 0.134 e. The zero-order valence-corrected chi connectivity index (χ0v) is 15.5. The van der Waals surface area contributed by atoms with Crippen LogP contribution in [0.2, 0.25) is 10.0 Å². The molecular weight excluding hydrogens is 363 g/mol. The standard InChI is InChI=1S/C22H16Cl2N2/c23-18-8-5-6-16(14-18)15-26-21-11-4-3-10-20(21)25-22(26)13-12-17-7-1-2-9-19(17)24/h1-14H,15H2. The molecule has 2 nitrogen and oxygen atoms in total. The Hall–Kier alpha value is -2.55. The molecule has 4 heteroatoms. The van der Waals surface area contributed by atoms with Crippen LogP contribution in [0.5, 0.6) is 0 Å². The maximum absolute atomic E-state index is 6.26. The molecule has 0 bridgehead atoms. The van der Waals surface area contributed by atoms with Crippen LogP contribution in [0.3, 0.4) is 0 Å². The highest BCUT2D eigenvalue weighted by Gasteiger charge is 2.09. The Morgan fingerprint density at radius 1 is 0.846 bits per heavy atom. The van der Waals surface area contributed by atoms with Gasteiger partial charge in [0.25, 0.3) is 0 Å². The first kappa shape index (κ1) is 16.9. The maximum atomic E-state index is 6.26. The average molecular weight is 379 g/mol. The van der Waals surface area contributed by atoms with Crippen molar-refractivity contribution in [1.82, 2.24) is 9.55 Å². The monoisotopic (exact) mass is 378 g/mol. The number of imidazole rings is 1. The molecule has 3 aromatic carbocycles. The molecule has 0 aliphatic rings. The first-order chi connectivity index (χ1) is 12.7. The van der Waals surface area contributed by atoms with Gasteiger partial charge in [0.05, 0.1) is 11.0 Å². The van der Waals surface area contributed by atoms with E-state index in [4.69, 9.17) is 28.2 Å². The minimum absolute atomic E-state index is 0.698. The summed E-state index contributed by atoms with van der Waals surface area (Å²) in [6.45, 7) is 0.698. The molecule has 26 heavy (non-hydrogen) atoms. The van der Waals surface area contributed by atoms with Crippen LogP contribution in [0.25, 0.3) is 23.2 Å². The Bertz CT molecular complexity index is 1100. The van der Waals surface area contributed by atoms with Crippen molar-refractivity contribution in [2.45, 2.75) is 6.54 Å². The van der Waals surface area contributed by atoms with Gasteiger partial charge in [0.15, 0.2) is 0 Å². The number of para-hydroxylation sites is 2. The minimum atomic E-state index is 0.698. The SMILES string of the molecule is Clc1cccc(Cn2c(C=Cc3ccccc3Cl)nc3ccccc32)c1. The van der Waals surface area contributed by atoms with E-state index in [0.717, 1.165) is 38.0 Å². The van der Waals surface area contributed by atoms with Crippen LogP contribution in [-0.4, -0.2) is 9.55 Å². The summed E-state index contributed by atoms with van der Waals surface area (Å²) in [6.07, 6.45) is 4.00. The summed E-state index contributed by atoms with van der Waals surface area (Å²) in [5, 5.41) is 1.46. The van der Waals surface area contributed by atoms with Crippen molar-refractivity contribution in [1.29, 1.82) is 0 Å². The van der Waals surface area contributed by atoms with Gasteiger partial charge >= 0.3 is 0 Å². The lowest BCUT2D eigenvalue weighted by molar-refractivity contribution is 0.814. The highest BCUT2D eigenvalue weighted by atomic mass is 35.5. The van der Waals surface area contributed by atoms with Crippen molar-refractivity contribution >= 4 is 46.4 Å². The van der Waals surface area contributed by atoms with Crippen molar-refractivity contribution in [3.05, 3.63) is 99.8 Å². The Labute approximate surface area is 162 Å². The third-order valence-electron chi connectivity index (χ3n) is 4.23. The number of nitrogens with zero attached hydrogens (tertiary/aromatic N) is 2. The second-order valence-corrected chi connectivity index (χ2v) is 6.87. The average Bonchev–Trinajstić information content (AvgIpc) is 2.99. The Balaban J connectivity index is 1.78. The third kappa shape index (κ3) is 3.52. The van der Waals surface area contributed by atoms with Gasteiger partial charge in [0.2, 0.25) is 0 Å². The van der Waals surface area contributed by atoms with Crippen LogP contribution in [0.15, 0.2) is 72.8 Å². The number of fused-ring (bicyclic) bond motifs is 1. The Morgan fingerprint density at radius 3 is 2.50 bits per heavy atom. The fourth-order valence-corrected chi connectivity index (χ4v) is 3.39. The van der Waals surface area contributed by atoms with Crippen LogP contribution < -0.4 is 0 Å². The number of benzene rings is 3. The molecule has 128 valence electrons. The molecule has 0 saturated heterocycles. The summed E-state index contributed by atoms with van der Waals surface area (Å²) in [4.78, 5) is 4.78. The summed E-state index contributed by atoms with van der Waals surface area (Å²) in [6, 6.07) is 23.8. The molecule has 0 unspecified atom stereocenters. The van der Waals surface area contributed by atoms with E-state index >= 15 is 0 Å². The van der Waals surface area contributed by atoms with Crippen molar-refractivity contribution in [3.8, 4) is 0 Å². The Kier molecular flexibility index (Phi) is 4.79. The summed E-state index contributed by atoms with van der Waals surface area (Å²) < 4.78 is 2.19. The lowest BCUT2D eigenvalue weighted by Crippen LogP contribution is -2.02. The van der Waals surface area contributed by atoms with Gasteiger partial charge in [-0.05, 0) is 53.6 Å². The molecule has 0 fully saturated rings. The van der Waals surface area contributed by atoms with Crippen LogP contribution in [-0.2, 0) is 6.54 Å². The zero-order valence-electron chi connectivity index (χ0n) is 13.9. The maximum Gasteiger partial charge on any atom is 0.134 e. The molecule has 4 aromatic rings. The van der Waals surface area contributed by atoms with Crippen molar-refractivity contribution in [3.63, 3.8) is 0 Å². The predicted molar refractivity (Wildman–Crippen MR) is 111 cm³/mol. The summed E-state index contributed by atoms with van der Waals surface area (Å²) >= 11 is 12.4. The number of hydrogen-bond donors (Lipinski definition) is 0. The normalized spacial score (nSPS) is 11.5. The van der Waals surface area contributed by atoms with Crippen LogP contribution >= 0.6 is 23.2 Å². The van der Waals surface area contributed by atoms with E-state index in [2.05, 4.69) is 16.7 Å². The topological polar surface area (TPSA) is 17.8 Å². The van der Waals surface area contributed by atoms with Gasteiger partial charge in [-0.25, -0.2) is 4.98 Å². The fourth-order valence-electron chi connectivity index (χ4n) is 2.98. The van der Waals surface area contributed by atoms with E-state index in [0.29, 0.717) is 6.54 Å². The molecule has 0 aliphatic heterocycles. The lowest BCUT2D eigenvalue weighted by atomic mass is 10.2. The van der Waals surface area contributed by atoms with Gasteiger partial charge in [0, 0.05) is 16.6 Å². The summed E-state index contributed by atoms with van der Waals surface area (Å²) in [5.74, 6) is 0.881.